The molecule has 0 bridgehead atoms. The van der Waals surface area contributed by atoms with E-state index in [2.05, 4.69) is 43.5 Å². The molecule has 0 aliphatic rings. The molecule has 0 rings (SSSR count). The minimum Gasteiger partial charge on any atom is -0.394 e. The number of carbonyl (C=O) groups is 1. The fourth-order valence-corrected chi connectivity index (χ4v) is 7.51. The number of unbranched alkanes of at least 4 members (excludes halogenated alkanes) is 33. The molecule has 0 saturated heterocycles. The van der Waals surface area contributed by atoms with Crippen LogP contribution in [0.3, 0.4) is 0 Å². The molecule has 0 aliphatic carbocycles. The Labute approximate surface area is 332 Å². The van der Waals surface area contributed by atoms with Crippen LogP contribution in [0.25, 0.3) is 0 Å². The minimum atomic E-state index is -0.660. The van der Waals surface area contributed by atoms with Crippen LogP contribution in [0, 0.1) is 0 Å². The fourth-order valence-electron chi connectivity index (χ4n) is 7.51. The Bertz CT molecular complexity index is 765. The Morgan fingerprint density at radius 3 is 1.17 bits per heavy atom. The molecule has 0 saturated carbocycles. The summed E-state index contributed by atoms with van der Waals surface area (Å²) < 4.78 is 0. The molecule has 0 spiro atoms. The molecule has 0 aromatic rings. The highest BCUT2D eigenvalue weighted by atomic mass is 16.3. The number of amides is 1. The SMILES string of the molecule is CCCCC/C=C\C/C=C\CCCCCCCCCCCC(=O)NC(CO)C(O)CCCCCCCCCCCCCCCCCCCCCCCC. The summed E-state index contributed by atoms with van der Waals surface area (Å²) in [6.07, 6.45) is 58.4. The van der Waals surface area contributed by atoms with Gasteiger partial charge in [-0.1, -0.05) is 237 Å². The molecular weight excluding hydrogens is 651 g/mol. The molecule has 0 radical (unpaired) electrons. The van der Waals surface area contributed by atoms with E-state index in [4.69, 9.17) is 0 Å². The highest BCUT2D eigenvalue weighted by molar-refractivity contribution is 5.76. The zero-order valence-electron chi connectivity index (χ0n) is 36.1. The van der Waals surface area contributed by atoms with E-state index in [1.807, 2.05) is 0 Å². The highest BCUT2D eigenvalue weighted by Crippen LogP contribution is 2.17. The molecule has 3 N–H and O–H groups in total. The van der Waals surface area contributed by atoms with Crippen molar-refractivity contribution in [2.45, 2.75) is 276 Å². The van der Waals surface area contributed by atoms with Crippen LogP contribution in [-0.2, 0) is 4.79 Å². The average molecular weight is 746 g/mol. The van der Waals surface area contributed by atoms with Crippen LogP contribution in [0.4, 0.5) is 0 Å². The third kappa shape index (κ3) is 41.9. The first-order chi connectivity index (χ1) is 26.2. The fraction of sp³-hybridized carbons (Fsp3) is 0.898. The van der Waals surface area contributed by atoms with Crippen molar-refractivity contribution < 1.29 is 15.0 Å². The van der Waals surface area contributed by atoms with Gasteiger partial charge in [-0.3, -0.25) is 4.79 Å². The molecule has 53 heavy (non-hydrogen) atoms. The zero-order chi connectivity index (χ0) is 38.6. The van der Waals surface area contributed by atoms with Gasteiger partial charge in [-0.05, 0) is 44.9 Å². The molecule has 2 atom stereocenters. The lowest BCUT2D eigenvalue weighted by Gasteiger charge is -2.22. The molecular formula is C49H95NO3. The van der Waals surface area contributed by atoms with Crippen molar-refractivity contribution in [3.63, 3.8) is 0 Å². The van der Waals surface area contributed by atoms with Gasteiger partial charge in [0.15, 0.2) is 0 Å². The van der Waals surface area contributed by atoms with Crippen LogP contribution < -0.4 is 5.32 Å². The molecule has 314 valence electrons. The summed E-state index contributed by atoms with van der Waals surface area (Å²) in [5.74, 6) is -0.0331. The molecule has 4 heteroatoms. The van der Waals surface area contributed by atoms with E-state index < -0.39 is 12.1 Å². The van der Waals surface area contributed by atoms with Gasteiger partial charge < -0.3 is 15.5 Å². The lowest BCUT2D eigenvalue weighted by molar-refractivity contribution is -0.123. The van der Waals surface area contributed by atoms with Gasteiger partial charge in [0.05, 0.1) is 18.8 Å². The summed E-state index contributed by atoms with van der Waals surface area (Å²) in [6, 6.07) is -0.537. The molecule has 0 fully saturated rings. The van der Waals surface area contributed by atoms with Crippen LogP contribution >= 0.6 is 0 Å². The van der Waals surface area contributed by atoms with Crippen molar-refractivity contribution in [2.75, 3.05) is 6.61 Å². The molecule has 0 heterocycles. The van der Waals surface area contributed by atoms with Crippen molar-refractivity contribution in [3.8, 4) is 0 Å². The van der Waals surface area contributed by atoms with Crippen molar-refractivity contribution in [1.29, 1.82) is 0 Å². The predicted molar refractivity (Wildman–Crippen MR) is 235 cm³/mol. The van der Waals surface area contributed by atoms with E-state index >= 15 is 0 Å². The van der Waals surface area contributed by atoms with E-state index in [0.29, 0.717) is 12.8 Å². The minimum absolute atomic E-state index is 0.0331. The first kappa shape index (κ1) is 51.9. The van der Waals surface area contributed by atoms with Crippen molar-refractivity contribution in [1.82, 2.24) is 5.32 Å². The highest BCUT2D eigenvalue weighted by Gasteiger charge is 2.20. The van der Waals surface area contributed by atoms with E-state index in [-0.39, 0.29) is 12.5 Å². The Balaban J connectivity index is 3.48. The number of nitrogens with one attached hydrogen (secondary N) is 1. The quantitative estimate of drug-likeness (QED) is 0.0430. The summed E-state index contributed by atoms with van der Waals surface area (Å²) in [4.78, 5) is 12.4. The van der Waals surface area contributed by atoms with Crippen molar-refractivity contribution >= 4 is 5.91 Å². The molecule has 0 aromatic carbocycles. The average Bonchev–Trinajstić information content (AvgIpc) is 3.16. The topological polar surface area (TPSA) is 69.6 Å². The first-order valence-corrected chi connectivity index (χ1v) is 24.0. The number of aliphatic hydroxyl groups excluding tert-OH is 2. The number of rotatable bonds is 44. The lowest BCUT2D eigenvalue weighted by atomic mass is 10.0. The molecule has 2 unspecified atom stereocenters. The van der Waals surface area contributed by atoms with Gasteiger partial charge >= 0.3 is 0 Å². The summed E-state index contributed by atoms with van der Waals surface area (Å²) in [5.41, 5.74) is 0. The Kier molecular flexibility index (Phi) is 44.3. The number of hydrogen-bond acceptors (Lipinski definition) is 3. The summed E-state index contributed by atoms with van der Waals surface area (Å²) in [7, 11) is 0. The second kappa shape index (κ2) is 45.3. The number of aliphatic hydroxyl groups is 2. The van der Waals surface area contributed by atoms with E-state index in [1.54, 1.807) is 0 Å². The van der Waals surface area contributed by atoms with E-state index in [1.165, 1.54) is 205 Å². The maximum Gasteiger partial charge on any atom is 0.220 e. The second-order valence-electron chi connectivity index (χ2n) is 16.5. The van der Waals surface area contributed by atoms with E-state index in [9.17, 15) is 15.0 Å². The normalized spacial score (nSPS) is 13.1. The van der Waals surface area contributed by atoms with Gasteiger partial charge in [0, 0.05) is 6.42 Å². The predicted octanol–water partition coefficient (Wildman–Crippen LogP) is 15.2. The Hall–Kier alpha value is -1.13. The number of allylic oxidation sites excluding steroid dienone is 4. The van der Waals surface area contributed by atoms with Crippen LogP contribution in [-0.4, -0.2) is 34.9 Å². The molecule has 4 nitrogen and oxygen atoms in total. The zero-order valence-corrected chi connectivity index (χ0v) is 36.1. The smallest absolute Gasteiger partial charge is 0.220 e. The third-order valence-corrected chi connectivity index (χ3v) is 11.2. The Morgan fingerprint density at radius 1 is 0.453 bits per heavy atom. The van der Waals surface area contributed by atoms with Crippen molar-refractivity contribution in [2.24, 2.45) is 0 Å². The summed E-state index contributed by atoms with van der Waals surface area (Å²) >= 11 is 0. The van der Waals surface area contributed by atoms with Gasteiger partial charge in [0.1, 0.15) is 0 Å². The van der Waals surface area contributed by atoms with Crippen LogP contribution in [0.2, 0.25) is 0 Å². The van der Waals surface area contributed by atoms with Gasteiger partial charge in [0.2, 0.25) is 5.91 Å². The monoisotopic (exact) mass is 746 g/mol. The van der Waals surface area contributed by atoms with Gasteiger partial charge in [-0.15, -0.1) is 0 Å². The molecule has 0 aromatic heterocycles. The number of hydrogen-bond donors (Lipinski definition) is 3. The largest absolute Gasteiger partial charge is 0.394 e. The van der Waals surface area contributed by atoms with Crippen LogP contribution in [0.15, 0.2) is 24.3 Å². The summed E-state index contributed by atoms with van der Waals surface area (Å²) in [5, 5.41) is 23.2. The Morgan fingerprint density at radius 2 is 0.774 bits per heavy atom. The first-order valence-electron chi connectivity index (χ1n) is 24.0. The van der Waals surface area contributed by atoms with Crippen LogP contribution in [0.5, 0.6) is 0 Å². The molecule has 0 aliphatic heterocycles. The maximum atomic E-state index is 12.4. The molecule has 1 amide bonds. The van der Waals surface area contributed by atoms with E-state index in [0.717, 1.165) is 32.1 Å². The second-order valence-corrected chi connectivity index (χ2v) is 16.5. The van der Waals surface area contributed by atoms with Gasteiger partial charge in [-0.25, -0.2) is 0 Å². The lowest BCUT2D eigenvalue weighted by Crippen LogP contribution is -2.45. The summed E-state index contributed by atoms with van der Waals surface area (Å²) in [6.45, 7) is 4.35. The maximum absolute atomic E-state index is 12.4. The number of carbonyl (C=O) groups excluding carboxylic acids is 1. The van der Waals surface area contributed by atoms with Crippen molar-refractivity contribution in [3.05, 3.63) is 24.3 Å². The standard InChI is InChI=1S/C49H95NO3/c1-3-5-7-9-11-13-15-17-19-21-23-24-25-27-28-30-32-34-36-38-40-42-44-48(52)47(46-51)50-49(53)45-43-41-39-37-35-33-31-29-26-22-20-18-16-14-12-10-8-6-4-2/h12,14,18,20,47-48,51-52H,3-11,13,15-17,19,21-46H2,1-2H3,(H,50,53)/b14-12-,20-18-. The third-order valence-electron chi connectivity index (χ3n) is 11.2. The van der Waals surface area contributed by atoms with Gasteiger partial charge in [0.25, 0.3) is 0 Å². The van der Waals surface area contributed by atoms with Gasteiger partial charge in [-0.2, -0.15) is 0 Å². The van der Waals surface area contributed by atoms with Crippen LogP contribution in [0.1, 0.15) is 264 Å².